The second kappa shape index (κ2) is 9.71. The first kappa shape index (κ1) is 21.8. The Balaban J connectivity index is 1.60. The summed E-state index contributed by atoms with van der Waals surface area (Å²) in [5.74, 6) is -0.523. The van der Waals surface area contributed by atoms with Crippen molar-refractivity contribution in [2.75, 3.05) is 11.1 Å². The van der Waals surface area contributed by atoms with Gasteiger partial charge in [0.1, 0.15) is 24.0 Å². The van der Waals surface area contributed by atoms with Gasteiger partial charge in [0, 0.05) is 12.6 Å². The summed E-state index contributed by atoms with van der Waals surface area (Å²) in [4.78, 5) is 12.1. The lowest BCUT2D eigenvalue weighted by Gasteiger charge is -2.11. The van der Waals surface area contributed by atoms with Gasteiger partial charge in [-0.05, 0) is 44.5 Å². The van der Waals surface area contributed by atoms with E-state index in [-0.39, 0.29) is 18.0 Å². The van der Waals surface area contributed by atoms with Gasteiger partial charge >= 0.3 is 0 Å². The number of carbonyl (C=O) groups excluding carboxylic acids is 1. The van der Waals surface area contributed by atoms with Crippen LogP contribution >= 0.6 is 11.8 Å². The van der Waals surface area contributed by atoms with Crippen LogP contribution in [0.25, 0.3) is 0 Å². The first-order valence-electron chi connectivity index (χ1n) is 9.37. The number of benzene rings is 2. The number of rotatable bonds is 8. The Morgan fingerprint density at radius 2 is 1.97 bits per heavy atom. The summed E-state index contributed by atoms with van der Waals surface area (Å²) < 4.78 is 34.4. The molecule has 1 amide bonds. The van der Waals surface area contributed by atoms with Gasteiger partial charge in [0.25, 0.3) is 0 Å². The maximum Gasteiger partial charge on any atom is 0.234 e. The molecule has 1 N–H and O–H groups in total. The monoisotopic (exact) mass is 432 g/mol. The molecule has 30 heavy (non-hydrogen) atoms. The topological polar surface area (TPSA) is 69.0 Å². The van der Waals surface area contributed by atoms with Crippen LogP contribution in [0.3, 0.4) is 0 Å². The molecule has 0 saturated heterocycles. The number of hydrogen-bond acceptors (Lipinski definition) is 5. The minimum absolute atomic E-state index is 0.00682. The van der Waals surface area contributed by atoms with Crippen LogP contribution in [0.4, 0.5) is 14.5 Å². The zero-order chi connectivity index (χ0) is 21.7. The molecule has 0 aliphatic heterocycles. The molecule has 2 aromatic carbocycles. The number of nitrogens with zero attached hydrogens (tertiary/aromatic N) is 3. The van der Waals surface area contributed by atoms with Gasteiger partial charge in [-0.3, -0.25) is 4.79 Å². The number of thioether (sulfide) groups is 1. The van der Waals surface area contributed by atoms with Crippen molar-refractivity contribution in [2.45, 2.75) is 39.1 Å². The third-order valence-electron chi connectivity index (χ3n) is 4.33. The summed E-state index contributed by atoms with van der Waals surface area (Å²) in [6, 6.07) is 8.94. The Labute approximate surface area is 177 Å². The number of amides is 1. The van der Waals surface area contributed by atoms with Gasteiger partial charge in [-0.25, -0.2) is 8.78 Å². The van der Waals surface area contributed by atoms with Crippen LogP contribution in [0.2, 0.25) is 0 Å². The molecule has 0 atom stereocenters. The highest BCUT2D eigenvalue weighted by Crippen LogP contribution is 2.22. The van der Waals surface area contributed by atoms with Crippen LogP contribution in [-0.4, -0.2) is 26.4 Å². The number of hydrogen-bond donors (Lipinski definition) is 1. The van der Waals surface area contributed by atoms with Gasteiger partial charge in [0.2, 0.25) is 5.91 Å². The van der Waals surface area contributed by atoms with Crippen LogP contribution in [-0.2, 0) is 17.9 Å². The first-order chi connectivity index (χ1) is 14.4. The molecule has 0 saturated carbocycles. The lowest BCUT2D eigenvalue weighted by atomic mass is 10.1. The maximum absolute atomic E-state index is 13.7. The Morgan fingerprint density at radius 3 is 2.67 bits per heavy atom. The van der Waals surface area contributed by atoms with Gasteiger partial charge in [-0.2, -0.15) is 0 Å². The van der Waals surface area contributed by atoms with Gasteiger partial charge in [0.05, 0.1) is 11.4 Å². The average molecular weight is 432 g/mol. The smallest absolute Gasteiger partial charge is 0.234 e. The highest BCUT2D eigenvalue weighted by Gasteiger charge is 2.15. The number of ether oxygens (including phenoxy) is 1. The molecule has 0 spiro atoms. The van der Waals surface area contributed by atoms with Gasteiger partial charge in [-0.1, -0.05) is 29.5 Å². The molecule has 158 valence electrons. The van der Waals surface area contributed by atoms with Crippen molar-refractivity contribution < 1.29 is 18.3 Å². The second-order valence-corrected chi connectivity index (χ2v) is 7.60. The fourth-order valence-electron chi connectivity index (χ4n) is 2.86. The second-order valence-electron chi connectivity index (χ2n) is 6.66. The molecule has 3 rings (SSSR count). The molecule has 0 unspecified atom stereocenters. The summed E-state index contributed by atoms with van der Waals surface area (Å²) in [5, 5.41) is 11.3. The number of aryl methyl sites for hydroxylation is 2. The standard InChI is InChI=1S/C21H22F2N4O2S/c1-4-27-19(11-29-18-8-5-13(2)9-14(18)3)25-26-21(27)30-12-20(28)24-17-7-6-15(22)10-16(17)23/h5-10H,4,11-12H2,1-3H3,(H,24,28). The normalized spacial score (nSPS) is 10.8. The number of nitrogens with one attached hydrogen (secondary N) is 1. The van der Waals surface area contributed by atoms with Crippen LogP contribution in [0, 0.1) is 25.5 Å². The van der Waals surface area contributed by atoms with Gasteiger partial charge in [0.15, 0.2) is 11.0 Å². The zero-order valence-electron chi connectivity index (χ0n) is 16.9. The van der Waals surface area contributed by atoms with E-state index in [4.69, 9.17) is 4.74 Å². The Bertz CT molecular complexity index is 1060. The first-order valence-corrected chi connectivity index (χ1v) is 10.4. The number of carbonyl (C=O) groups is 1. The molecule has 0 bridgehead atoms. The number of aromatic nitrogens is 3. The van der Waals surface area contributed by atoms with Crippen molar-refractivity contribution >= 4 is 23.4 Å². The highest BCUT2D eigenvalue weighted by atomic mass is 32.2. The lowest BCUT2D eigenvalue weighted by molar-refractivity contribution is -0.113. The van der Waals surface area contributed by atoms with E-state index in [1.54, 1.807) is 0 Å². The van der Waals surface area contributed by atoms with E-state index in [1.165, 1.54) is 17.8 Å². The molecule has 0 fully saturated rings. The third-order valence-corrected chi connectivity index (χ3v) is 5.30. The largest absolute Gasteiger partial charge is 0.485 e. The molecule has 0 radical (unpaired) electrons. The SMILES string of the molecule is CCn1c(COc2ccc(C)cc2C)nnc1SCC(=O)Nc1ccc(F)cc1F. The number of halogens is 2. The van der Waals surface area contributed by atoms with E-state index in [9.17, 15) is 13.6 Å². The lowest BCUT2D eigenvalue weighted by Crippen LogP contribution is -2.16. The maximum atomic E-state index is 13.7. The van der Waals surface area contributed by atoms with E-state index < -0.39 is 17.5 Å². The molecule has 6 nitrogen and oxygen atoms in total. The van der Waals surface area contributed by atoms with Crippen LogP contribution in [0.1, 0.15) is 23.9 Å². The molecule has 0 aliphatic carbocycles. The molecule has 1 aromatic heterocycles. The molecule has 9 heteroatoms. The van der Waals surface area contributed by atoms with Crippen molar-refractivity contribution in [1.82, 2.24) is 14.8 Å². The van der Waals surface area contributed by atoms with E-state index in [2.05, 4.69) is 15.5 Å². The summed E-state index contributed by atoms with van der Waals surface area (Å²) in [6.07, 6.45) is 0. The zero-order valence-corrected chi connectivity index (χ0v) is 17.7. The predicted octanol–water partition coefficient (Wildman–Crippen LogP) is 4.50. The van der Waals surface area contributed by atoms with E-state index >= 15 is 0 Å². The minimum atomic E-state index is -0.823. The van der Waals surface area contributed by atoms with Gasteiger partial charge in [-0.15, -0.1) is 10.2 Å². The molecular weight excluding hydrogens is 410 g/mol. The van der Waals surface area contributed by atoms with Crippen molar-refractivity contribution in [1.29, 1.82) is 0 Å². The molecule has 0 aliphatic rings. The highest BCUT2D eigenvalue weighted by molar-refractivity contribution is 7.99. The van der Waals surface area contributed by atoms with E-state index in [1.807, 2.05) is 43.5 Å². The third kappa shape index (κ3) is 5.35. The van der Waals surface area contributed by atoms with Crippen LogP contribution in [0.5, 0.6) is 5.75 Å². The summed E-state index contributed by atoms with van der Waals surface area (Å²) in [5.41, 5.74) is 2.13. The van der Waals surface area contributed by atoms with Gasteiger partial charge < -0.3 is 14.6 Å². The average Bonchev–Trinajstić information content (AvgIpc) is 3.09. The fourth-order valence-corrected chi connectivity index (χ4v) is 3.68. The molecule has 3 aromatic rings. The predicted molar refractivity (Wildman–Crippen MR) is 112 cm³/mol. The quantitative estimate of drug-likeness (QED) is 0.531. The Kier molecular flexibility index (Phi) is 7.04. The van der Waals surface area contributed by atoms with Crippen molar-refractivity contribution in [3.8, 4) is 5.75 Å². The summed E-state index contributed by atoms with van der Waals surface area (Å²) in [7, 11) is 0. The Hall–Kier alpha value is -2.94. The molecule has 1 heterocycles. The number of anilines is 1. The van der Waals surface area contributed by atoms with Crippen molar-refractivity contribution in [2.24, 2.45) is 0 Å². The Morgan fingerprint density at radius 1 is 1.17 bits per heavy atom. The van der Waals surface area contributed by atoms with Crippen LogP contribution < -0.4 is 10.1 Å². The summed E-state index contributed by atoms with van der Waals surface area (Å²) >= 11 is 1.18. The van der Waals surface area contributed by atoms with Crippen molar-refractivity contribution in [3.05, 3.63) is 65.0 Å². The molecular formula is C21H22F2N4O2S. The van der Waals surface area contributed by atoms with Crippen molar-refractivity contribution in [3.63, 3.8) is 0 Å². The fraction of sp³-hybridized carbons (Fsp3) is 0.286. The van der Waals surface area contributed by atoms with Crippen LogP contribution in [0.15, 0.2) is 41.6 Å². The van der Waals surface area contributed by atoms with E-state index in [0.717, 1.165) is 29.0 Å². The van der Waals surface area contributed by atoms with E-state index in [0.29, 0.717) is 17.5 Å². The minimum Gasteiger partial charge on any atom is -0.485 e. The summed E-state index contributed by atoms with van der Waals surface area (Å²) in [6.45, 7) is 6.81.